The molecule has 0 saturated carbocycles. The van der Waals surface area contributed by atoms with Crippen LogP contribution in [-0.4, -0.2) is 35.7 Å². The number of thiophene rings is 1. The minimum absolute atomic E-state index is 0.0253. The van der Waals surface area contributed by atoms with Gasteiger partial charge in [0.2, 0.25) is 0 Å². The van der Waals surface area contributed by atoms with Gasteiger partial charge >= 0.3 is 17.8 Å². The van der Waals surface area contributed by atoms with Gasteiger partial charge in [-0.2, -0.15) is 5.10 Å². The van der Waals surface area contributed by atoms with E-state index in [2.05, 4.69) is 29.3 Å². The van der Waals surface area contributed by atoms with Crippen molar-refractivity contribution in [3.05, 3.63) is 58.0 Å². The minimum Gasteiger partial charge on any atom is -0.507 e. The second-order valence-electron chi connectivity index (χ2n) is 7.78. The molecule has 3 rings (SSSR count). The number of esters is 1. The van der Waals surface area contributed by atoms with Crippen LogP contribution in [0.25, 0.3) is 0 Å². The molecule has 1 aliphatic carbocycles. The van der Waals surface area contributed by atoms with E-state index < -0.39 is 17.8 Å². The third-order valence-electron chi connectivity index (χ3n) is 5.31. The predicted molar refractivity (Wildman–Crippen MR) is 128 cm³/mol. The van der Waals surface area contributed by atoms with Crippen LogP contribution in [-0.2, 0) is 33.6 Å². The molecular formula is C24H27N3O5S. The first-order chi connectivity index (χ1) is 15.8. The average molecular weight is 470 g/mol. The van der Waals surface area contributed by atoms with Gasteiger partial charge in [-0.05, 0) is 55.7 Å². The van der Waals surface area contributed by atoms with Crippen LogP contribution in [0.2, 0.25) is 0 Å². The highest BCUT2D eigenvalue weighted by atomic mass is 32.1. The standard InChI is InChI=1S/C24H27N3O5S/c1-4-7-15-8-6-9-16(20(15)28)13-25-27-22(30)21(29)26-23-19(24(31)32-5-2)17-11-10-14(3)12-18(17)33-23/h4,6,8-9,13-14,28H,1,5,7,10-12H2,2-3H3,(H,26,29)(H,27,30)/b25-13-/t14-/m0/s1. The SMILES string of the molecule is C=CCc1cccc(/C=N\NC(=O)C(=O)Nc2sc3c(c2C(=O)OCC)CC[C@H](C)C3)c1O. The van der Waals surface area contributed by atoms with Gasteiger partial charge < -0.3 is 15.2 Å². The van der Waals surface area contributed by atoms with Crippen LogP contribution >= 0.6 is 11.3 Å². The molecule has 0 aliphatic heterocycles. The summed E-state index contributed by atoms with van der Waals surface area (Å²) in [5.41, 5.74) is 4.42. The molecule has 0 fully saturated rings. The monoisotopic (exact) mass is 469 g/mol. The molecule has 174 valence electrons. The Bertz CT molecular complexity index is 1110. The molecule has 2 aromatic rings. The molecule has 0 radical (unpaired) electrons. The summed E-state index contributed by atoms with van der Waals surface area (Å²) in [6.45, 7) is 7.71. The number of anilines is 1. The fourth-order valence-corrected chi connectivity index (χ4v) is 5.06. The van der Waals surface area contributed by atoms with Gasteiger partial charge in [-0.15, -0.1) is 17.9 Å². The van der Waals surface area contributed by atoms with E-state index in [1.165, 1.54) is 17.6 Å². The highest BCUT2D eigenvalue weighted by molar-refractivity contribution is 7.17. The maximum absolute atomic E-state index is 12.5. The van der Waals surface area contributed by atoms with Crippen molar-refractivity contribution >= 4 is 40.3 Å². The summed E-state index contributed by atoms with van der Waals surface area (Å²) in [5.74, 6) is -1.95. The summed E-state index contributed by atoms with van der Waals surface area (Å²) < 4.78 is 5.18. The van der Waals surface area contributed by atoms with E-state index in [9.17, 15) is 19.5 Å². The van der Waals surface area contributed by atoms with Crippen LogP contribution < -0.4 is 10.7 Å². The van der Waals surface area contributed by atoms with Crippen LogP contribution in [0, 0.1) is 5.92 Å². The molecule has 0 saturated heterocycles. The number of nitrogens with one attached hydrogen (secondary N) is 2. The third kappa shape index (κ3) is 5.67. The molecule has 1 aliphatic rings. The maximum atomic E-state index is 12.5. The van der Waals surface area contributed by atoms with Gasteiger partial charge in [0.1, 0.15) is 10.8 Å². The van der Waals surface area contributed by atoms with Crippen molar-refractivity contribution in [1.82, 2.24) is 5.43 Å². The van der Waals surface area contributed by atoms with Crippen molar-refractivity contribution in [2.24, 2.45) is 11.0 Å². The van der Waals surface area contributed by atoms with Gasteiger partial charge in [0.15, 0.2) is 0 Å². The van der Waals surface area contributed by atoms with Crippen molar-refractivity contribution in [2.45, 2.75) is 39.5 Å². The summed E-state index contributed by atoms with van der Waals surface area (Å²) in [5, 5.41) is 16.9. The Morgan fingerprint density at radius 1 is 1.33 bits per heavy atom. The molecule has 1 aromatic heterocycles. The highest BCUT2D eigenvalue weighted by Crippen LogP contribution is 2.40. The summed E-state index contributed by atoms with van der Waals surface area (Å²) in [4.78, 5) is 38.3. The van der Waals surface area contributed by atoms with Crippen molar-refractivity contribution < 1.29 is 24.2 Å². The van der Waals surface area contributed by atoms with Gasteiger partial charge in [-0.3, -0.25) is 9.59 Å². The molecule has 1 aromatic carbocycles. The van der Waals surface area contributed by atoms with E-state index in [0.717, 1.165) is 29.7 Å². The number of phenolic OH excluding ortho intramolecular Hbond substituents is 1. The zero-order valence-electron chi connectivity index (χ0n) is 18.6. The number of ether oxygens (including phenoxy) is 1. The van der Waals surface area contributed by atoms with Crippen molar-refractivity contribution in [3.63, 3.8) is 0 Å². The summed E-state index contributed by atoms with van der Waals surface area (Å²) in [6.07, 6.45) is 5.88. The largest absolute Gasteiger partial charge is 0.507 e. The van der Waals surface area contributed by atoms with Gasteiger partial charge in [0, 0.05) is 10.4 Å². The number of hydrogen-bond acceptors (Lipinski definition) is 7. The van der Waals surface area contributed by atoms with E-state index in [1.54, 1.807) is 31.2 Å². The highest BCUT2D eigenvalue weighted by Gasteiger charge is 2.30. The van der Waals surface area contributed by atoms with Gasteiger partial charge in [-0.1, -0.05) is 25.1 Å². The Balaban J connectivity index is 1.72. The number of amides is 2. The number of carbonyl (C=O) groups is 3. The number of benzene rings is 1. The number of phenols is 1. The quantitative estimate of drug-likeness (QED) is 0.188. The Morgan fingerprint density at radius 2 is 2.12 bits per heavy atom. The lowest BCUT2D eigenvalue weighted by Gasteiger charge is -2.18. The normalized spacial score (nSPS) is 15.0. The molecule has 1 heterocycles. The Morgan fingerprint density at radius 3 is 2.85 bits per heavy atom. The van der Waals surface area contributed by atoms with Crippen LogP contribution in [0.1, 0.15) is 52.2 Å². The molecule has 3 N–H and O–H groups in total. The smallest absolute Gasteiger partial charge is 0.341 e. The van der Waals surface area contributed by atoms with Crippen molar-refractivity contribution in [1.29, 1.82) is 0 Å². The number of fused-ring (bicyclic) bond motifs is 1. The lowest BCUT2D eigenvalue weighted by atomic mass is 9.88. The summed E-state index contributed by atoms with van der Waals surface area (Å²) in [7, 11) is 0. The van der Waals surface area contributed by atoms with Crippen LogP contribution in [0.15, 0.2) is 36.0 Å². The molecule has 0 bridgehead atoms. The number of allylic oxidation sites excluding steroid dienone is 1. The van der Waals surface area contributed by atoms with Crippen molar-refractivity contribution in [3.8, 4) is 5.75 Å². The second-order valence-corrected chi connectivity index (χ2v) is 8.88. The van der Waals surface area contributed by atoms with E-state index in [4.69, 9.17) is 4.74 Å². The first-order valence-corrected chi connectivity index (χ1v) is 11.5. The zero-order valence-corrected chi connectivity index (χ0v) is 19.5. The second kappa shape index (κ2) is 10.9. The lowest BCUT2D eigenvalue weighted by Crippen LogP contribution is -2.32. The predicted octanol–water partition coefficient (Wildman–Crippen LogP) is 3.57. The van der Waals surface area contributed by atoms with E-state index in [0.29, 0.717) is 34.0 Å². The fourth-order valence-electron chi connectivity index (χ4n) is 3.66. The number of carbonyl (C=O) groups excluding carboxylic acids is 3. The lowest BCUT2D eigenvalue weighted by molar-refractivity contribution is -0.136. The minimum atomic E-state index is -0.998. The number of aromatic hydroxyl groups is 1. The van der Waals surface area contributed by atoms with Gasteiger partial charge in [0.25, 0.3) is 0 Å². The average Bonchev–Trinajstić information content (AvgIpc) is 3.13. The Labute approximate surface area is 196 Å². The molecule has 33 heavy (non-hydrogen) atoms. The van der Waals surface area contributed by atoms with E-state index in [1.807, 2.05) is 0 Å². The number of hydrazone groups is 1. The molecule has 0 spiro atoms. The van der Waals surface area contributed by atoms with Gasteiger partial charge in [0.05, 0.1) is 18.4 Å². The molecule has 2 amide bonds. The first kappa shape index (κ1) is 24.2. The summed E-state index contributed by atoms with van der Waals surface area (Å²) >= 11 is 1.30. The topological polar surface area (TPSA) is 117 Å². The fraction of sp³-hybridized carbons (Fsp3) is 0.333. The number of rotatable bonds is 7. The van der Waals surface area contributed by atoms with Crippen LogP contribution in [0.3, 0.4) is 0 Å². The Hall–Kier alpha value is -3.46. The van der Waals surface area contributed by atoms with Crippen molar-refractivity contribution in [2.75, 3.05) is 11.9 Å². The molecule has 1 atom stereocenters. The van der Waals surface area contributed by atoms with E-state index in [-0.39, 0.29) is 12.4 Å². The van der Waals surface area contributed by atoms with E-state index >= 15 is 0 Å². The van der Waals surface area contributed by atoms with Gasteiger partial charge in [-0.25, -0.2) is 10.2 Å². The van der Waals surface area contributed by atoms with Crippen LogP contribution in [0.5, 0.6) is 5.75 Å². The molecule has 0 unspecified atom stereocenters. The maximum Gasteiger partial charge on any atom is 0.341 e. The summed E-state index contributed by atoms with van der Waals surface area (Å²) in [6, 6.07) is 5.12. The number of hydrogen-bond donors (Lipinski definition) is 3. The molecule has 9 heteroatoms. The van der Waals surface area contributed by atoms with Crippen LogP contribution in [0.4, 0.5) is 5.00 Å². The molecular weight excluding hydrogens is 442 g/mol. The third-order valence-corrected chi connectivity index (χ3v) is 6.48. The zero-order chi connectivity index (χ0) is 24.0. The number of para-hydroxylation sites is 1. The molecule has 8 nitrogen and oxygen atoms in total. The Kier molecular flexibility index (Phi) is 8.00. The first-order valence-electron chi connectivity index (χ1n) is 10.7. The number of nitrogens with zero attached hydrogens (tertiary/aromatic N) is 1.